The number of halogens is 3. The van der Waals surface area contributed by atoms with Gasteiger partial charge in [0.05, 0.1) is 11.8 Å². The molecule has 3 aromatic carbocycles. The molecule has 0 fully saturated rings. The first-order valence-electron chi connectivity index (χ1n) is 9.86. The van der Waals surface area contributed by atoms with Crippen LogP contribution >= 0.6 is 43.5 Å². The van der Waals surface area contributed by atoms with Crippen molar-refractivity contribution in [2.45, 2.75) is 24.3 Å². The van der Waals surface area contributed by atoms with Crippen molar-refractivity contribution in [1.29, 1.82) is 0 Å². The van der Waals surface area contributed by atoms with Gasteiger partial charge in [-0.05, 0) is 63.5 Å². The van der Waals surface area contributed by atoms with E-state index in [0.29, 0.717) is 26.1 Å². The average molecular weight is 612 g/mol. The van der Waals surface area contributed by atoms with E-state index in [0.717, 1.165) is 16.8 Å². The molecule has 1 N–H and O–H groups in total. The third kappa shape index (κ3) is 5.16. The van der Waals surface area contributed by atoms with Crippen LogP contribution in [0.25, 0.3) is 0 Å². The molecule has 3 aromatic rings. The Hall–Kier alpha value is -2.20. The average Bonchev–Trinajstić information content (AvgIpc) is 3.21. The van der Waals surface area contributed by atoms with Gasteiger partial charge in [0.15, 0.2) is 0 Å². The summed E-state index contributed by atoms with van der Waals surface area (Å²) in [5.41, 5.74) is 2.76. The van der Waals surface area contributed by atoms with Crippen LogP contribution in [-0.2, 0) is 14.8 Å². The Bertz CT molecular complexity index is 1360. The smallest absolute Gasteiger partial charge is 0.263 e. The normalized spacial score (nSPS) is 15.9. The number of hydrogen-bond donors (Lipinski definition) is 1. The lowest BCUT2D eigenvalue weighted by molar-refractivity contribution is -0.130. The molecule has 1 heterocycles. The molecule has 0 bridgehead atoms. The minimum atomic E-state index is -3.79. The fourth-order valence-electron chi connectivity index (χ4n) is 3.59. The molecule has 1 amide bonds. The van der Waals surface area contributed by atoms with Gasteiger partial charge in [0.2, 0.25) is 5.91 Å². The summed E-state index contributed by atoms with van der Waals surface area (Å²) in [5, 5.41) is 6.54. The van der Waals surface area contributed by atoms with Crippen LogP contribution in [0.5, 0.6) is 0 Å². The first kappa shape index (κ1) is 23.9. The topological polar surface area (TPSA) is 78.8 Å². The quantitative estimate of drug-likeness (QED) is 0.365. The Morgan fingerprint density at radius 2 is 1.79 bits per heavy atom. The highest BCUT2D eigenvalue weighted by molar-refractivity contribution is 9.11. The molecule has 170 valence electrons. The van der Waals surface area contributed by atoms with Gasteiger partial charge < -0.3 is 0 Å². The van der Waals surface area contributed by atoms with Gasteiger partial charge in [-0.15, -0.1) is 0 Å². The van der Waals surface area contributed by atoms with E-state index in [1.165, 1.54) is 18.0 Å². The second-order valence-electron chi connectivity index (χ2n) is 7.41. The third-order valence-electron chi connectivity index (χ3n) is 5.15. The van der Waals surface area contributed by atoms with Crippen LogP contribution < -0.4 is 4.72 Å². The van der Waals surface area contributed by atoms with Gasteiger partial charge in [0, 0.05) is 33.0 Å². The molecule has 10 heteroatoms. The molecule has 0 saturated carbocycles. The highest BCUT2D eigenvalue weighted by atomic mass is 79.9. The highest BCUT2D eigenvalue weighted by Gasteiger charge is 2.32. The summed E-state index contributed by atoms with van der Waals surface area (Å²) in [6, 6.07) is 18.9. The number of sulfonamides is 1. The Balaban J connectivity index is 1.57. The summed E-state index contributed by atoms with van der Waals surface area (Å²) in [4.78, 5) is 12.3. The maximum absolute atomic E-state index is 12.8. The van der Waals surface area contributed by atoms with Gasteiger partial charge in [-0.3, -0.25) is 9.52 Å². The first-order valence-corrected chi connectivity index (χ1v) is 13.3. The van der Waals surface area contributed by atoms with Gasteiger partial charge in [-0.25, -0.2) is 13.4 Å². The van der Waals surface area contributed by atoms with E-state index in [9.17, 15) is 13.2 Å². The summed E-state index contributed by atoms with van der Waals surface area (Å²) >= 11 is 12.9. The fourth-order valence-corrected chi connectivity index (χ4v) is 6.41. The molecule has 1 atom stereocenters. The van der Waals surface area contributed by atoms with Crippen molar-refractivity contribution in [1.82, 2.24) is 5.01 Å². The maximum Gasteiger partial charge on any atom is 0.263 e. The predicted octanol–water partition coefficient (Wildman–Crippen LogP) is 6.36. The van der Waals surface area contributed by atoms with Crippen molar-refractivity contribution in [3.63, 3.8) is 0 Å². The van der Waals surface area contributed by atoms with Crippen molar-refractivity contribution in [2.75, 3.05) is 4.72 Å². The van der Waals surface area contributed by atoms with Crippen molar-refractivity contribution in [2.24, 2.45) is 5.10 Å². The molecule has 6 nitrogen and oxygen atoms in total. The molecule has 0 saturated heterocycles. The minimum absolute atomic E-state index is 0.126. The van der Waals surface area contributed by atoms with E-state index < -0.39 is 10.0 Å². The molecule has 33 heavy (non-hydrogen) atoms. The van der Waals surface area contributed by atoms with E-state index >= 15 is 0 Å². The predicted molar refractivity (Wildman–Crippen MR) is 137 cm³/mol. The van der Waals surface area contributed by atoms with Crippen molar-refractivity contribution >= 4 is 70.8 Å². The molecule has 0 spiro atoms. The van der Waals surface area contributed by atoms with Crippen molar-refractivity contribution < 1.29 is 13.2 Å². The zero-order chi connectivity index (χ0) is 23.8. The number of carbonyl (C=O) groups excluding carboxylic acids is 1. The highest BCUT2D eigenvalue weighted by Crippen LogP contribution is 2.36. The number of hydrazone groups is 1. The molecule has 1 aliphatic heterocycles. The standard InChI is InChI=1S/C23H18Br2ClN3O3S/c1-14(30)29-22(18-4-2-3-5-20(18)26)13-21(27-29)15-6-9-17(10-7-15)28-33(31,32)23-12-16(24)8-11-19(23)25/h2-12,22,28H,13H2,1H3/t22-/m1/s1. The third-order valence-corrected chi connectivity index (χ3v) is 8.36. The summed E-state index contributed by atoms with van der Waals surface area (Å²) in [7, 11) is -3.79. The Kier molecular flexibility index (Phi) is 6.95. The van der Waals surface area contributed by atoms with Gasteiger partial charge >= 0.3 is 0 Å². The van der Waals surface area contributed by atoms with Gasteiger partial charge in [-0.1, -0.05) is 57.9 Å². The molecular formula is C23H18Br2ClN3O3S. The minimum Gasteiger partial charge on any atom is -0.280 e. The van der Waals surface area contributed by atoms with Crippen LogP contribution in [0.15, 0.2) is 85.7 Å². The second kappa shape index (κ2) is 9.58. The lowest BCUT2D eigenvalue weighted by atomic mass is 9.98. The lowest BCUT2D eigenvalue weighted by Gasteiger charge is -2.21. The monoisotopic (exact) mass is 609 g/mol. The number of amides is 1. The second-order valence-corrected chi connectivity index (χ2v) is 11.2. The van der Waals surface area contributed by atoms with Crippen molar-refractivity contribution in [3.05, 3.63) is 91.8 Å². The number of anilines is 1. The molecule has 1 aliphatic rings. The fraction of sp³-hybridized carbons (Fsp3) is 0.130. The number of nitrogens with zero attached hydrogens (tertiary/aromatic N) is 2. The largest absolute Gasteiger partial charge is 0.280 e. The summed E-state index contributed by atoms with van der Waals surface area (Å²) in [5.74, 6) is -0.182. The van der Waals surface area contributed by atoms with Crippen LogP contribution in [-0.4, -0.2) is 25.0 Å². The van der Waals surface area contributed by atoms with Crippen LogP contribution in [0.3, 0.4) is 0 Å². The number of rotatable bonds is 5. The molecular weight excluding hydrogens is 594 g/mol. The van der Waals surface area contributed by atoms with Gasteiger partial charge in [0.25, 0.3) is 10.0 Å². The summed E-state index contributed by atoms with van der Waals surface area (Å²) < 4.78 is 29.4. The Labute approximate surface area is 214 Å². The van der Waals surface area contributed by atoms with Crippen molar-refractivity contribution in [3.8, 4) is 0 Å². The Morgan fingerprint density at radius 3 is 2.45 bits per heavy atom. The van der Waals surface area contributed by atoms with E-state index in [-0.39, 0.29) is 16.8 Å². The van der Waals surface area contributed by atoms with Gasteiger partial charge in [0.1, 0.15) is 4.90 Å². The zero-order valence-corrected chi connectivity index (χ0v) is 22.0. The molecule has 0 aromatic heterocycles. The zero-order valence-electron chi connectivity index (χ0n) is 17.3. The molecule has 0 aliphatic carbocycles. The van der Waals surface area contributed by atoms with E-state index in [1.54, 1.807) is 42.5 Å². The van der Waals surface area contributed by atoms with Crippen LogP contribution in [0.2, 0.25) is 5.02 Å². The van der Waals surface area contributed by atoms with Crippen LogP contribution in [0, 0.1) is 0 Å². The van der Waals surface area contributed by atoms with Crippen LogP contribution in [0.1, 0.15) is 30.5 Å². The maximum atomic E-state index is 12.8. The molecule has 0 radical (unpaired) electrons. The summed E-state index contributed by atoms with van der Waals surface area (Å²) in [6.45, 7) is 1.47. The SMILES string of the molecule is CC(=O)N1N=C(c2ccc(NS(=O)(=O)c3cc(Br)ccc3Br)cc2)C[C@@H]1c1ccccc1Cl. The van der Waals surface area contributed by atoms with Gasteiger partial charge in [-0.2, -0.15) is 5.10 Å². The number of hydrogen-bond acceptors (Lipinski definition) is 4. The Morgan fingerprint density at radius 1 is 1.09 bits per heavy atom. The number of benzene rings is 3. The number of nitrogens with one attached hydrogen (secondary N) is 1. The van der Waals surface area contributed by atoms with E-state index in [1.807, 2.05) is 18.2 Å². The van der Waals surface area contributed by atoms with E-state index in [4.69, 9.17) is 11.6 Å². The van der Waals surface area contributed by atoms with Crippen LogP contribution in [0.4, 0.5) is 5.69 Å². The molecule has 4 rings (SSSR count). The summed E-state index contributed by atoms with van der Waals surface area (Å²) in [6.07, 6.45) is 0.499. The molecule has 0 unspecified atom stereocenters. The van der Waals surface area contributed by atoms with E-state index in [2.05, 4.69) is 41.7 Å². The lowest BCUT2D eigenvalue weighted by Crippen LogP contribution is -2.24. The number of carbonyl (C=O) groups is 1. The first-order chi connectivity index (χ1) is 15.7.